The summed E-state index contributed by atoms with van der Waals surface area (Å²) in [5, 5.41) is 8.73. The molecule has 1 aliphatic heterocycles. The van der Waals surface area contributed by atoms with Gasteiger partial charge in [0.2, 0.25) is 0 Å². The van der Waals surface area contributed by atoms with E-state index in [1.165, 1.54) is 10.8 Å². The summed E-state index contributed by atoms with van der Waals surface area (Å²) >= 11 is 0. The Balaban J connectivity index is 1.39. The highest BCUT2D eigenvalue weighted by atomic mass is 19.4. The van der Waals surface area contributed by atoms with Crippen LogP contribution in [0.25, 0.3) is 10.9 Å². The van der Waals surface area contributed by atoms with Crippen molar-refractivity contribution in [3.63, 3.8) is 0 Å². The molecule has 1 saturated heterocycles. The number of nitrogens with zero attached hydrogens (tertiary/aromatic N) is 4. The zero-order valence-corrected chi connectivity index (χ0v) is 15.3. The van der Waals surface area contributed by atoms with Crippen LogP contribution in [-0.4, -0.2) is 45.0 Å². The van der Waals surface area contributed by atoms with Gasteiger partial charge in [0.1, 0.15) is 18.4 Å². The number of benzene rings is 1. The van der Waals surface area contributed by atoms with Gasteiger partial charge in [-0.3, -0.25) is 4.90 Å². The summed E-state index contributed by atoms with van der Waals surface area (Å²) in [6.45, 7) is 1.52. The lowest BCUT2D eigenvalue weighted by atomic mass is 10.1. The van der Waals surface area contributed by atoms with Crippen LogP contribution in [0.15, 0.2) is 48.8 Å². The second kappa shape index (κ2) is 7.79. The molecule has 0 radical (unpaired) electrons. The van der Waals surface area contributed by atoms with Crippen molar-refractivity contribution in [2.45, 2.75) is 38.2 Å². The smallest absolute Gasteiger partial charge is 0.406 e. The Morgan fingerprint density at radius 3 is 2.61 bits per heavy atom. The molecule has 8 heteroatoms. The van der Waals surface area contributed by atoms with E-state index in [2.05, 4.69) is 15.1 Å². The standard InChI is InChI=1S/C20H21F3N4O/c21-20(22,23)14-27-12-8-17-18(27)4-1-5-19(17)28-16-6-10-26(11-7-16)13-15-3-2-9-24-25-15/h1-5,8-9,12,16H,6-7,10-11,13-14H2. The highest BCUT2D eigenvalue weighted by Gasteiger charge is 2.28. The molecular formula is C20H21F3N4O. The van der Waals surface area contributed by atoms with Crippen molar-refractivity contribution in [3.8, 4) is 5.75 Å². The average Bonchev–Trinajstić information content (AvgIpc) is 3.06. The van der Waals surface area contributed by atoms with Crippen LogP contribution in [0.4, 0.5) is 13.2 Å². The number of fused-ring (bicyclic) bond motifs is 1. The lowest BCUT2D eigenvalue weighted by molar-refractivity contribution is -0.139. The molecule has 1 aromatic carbocycles. The van der Waals surface area contributed by atoms with Crippen molar-refractivity contribution in [2.24, 2.45) is 0 Å². The molecule has 0 saturated carbocycles. The van der Waals surface area contributed by atoms with Gasteiger partial charge in [0.25, 0.3) is 0 Å². The molecule has 5 nitrogen and oxygen atoms in total. The van der Waals surface area contributed by atoms with Gasteiger partial charge in [-0.25, -0.2) is 0 Å². The Morgan fingerprint density at radius 2 is 1.89 bits per heavy atom. The number of rotatable bonds is 5. The molecule has 0 atom stereocenters. The van der Waals surface area contributed by atoms with E-state index in [1.54, 1.807) is 24.4 Å². The van der Waals surface area contributed by atoms with Gasteiger partial charge in [0.05, 0.1) is 11.2 Å². The van der Waals surface area contributed by atoms with Crippen molar-refractivity contribution in [3.05, 3.63) is 54.5 Å². The number of halogens is 3. The molecule has 2 aromatic heterocycles. The minimum absolute atomic E-state index is 0.0506. The van der Waals surface area contributed by atoms with Crippen LogP contribution in [0.3, 0.4) is 0 Å². The minimum atomic E-state index is -4.25. The SMILES string of the molecule is FC(F)(F)Cn1ccc2c(OC3CCN(Cc4cccnn4)CC3)cccc21. The number of hydrogen-bond donors (Lipinski definition) is 0. The average molecular weight is 390 g/mol. The normalized spacial score (nSPS) is 16.5. The van der Waals surface area contributed by atoms with E-state index in [9.17, 15) is 13.2 Å². The number of likely N-dealkylation sites (tertiary alicyclic amines) is 1. The molecule has 0 N–H and O–H groups in total. The van der Waals surface area contributed by atoms with Crippen molar-refractivity contribution in [2.75, 3.05) is 13.1 Å². The van der Waals surface area contributed by atoms with E-state index in [4.69, 9.17) is 4.74 Å². The van der Waals surface area contributed by atoms with Gasteiger partial charge in [-0.15, -0.1) is 0 Å². The third-order valence-electron chi connectivity index (χ3n) is 4.96. The first-order valence-electron chi connectivity index (χ1n) is 9.28. The maximum atomic E-state index is 12.7. The van der Waals surface area contributed by atoms with E-state index < -0.39 is 12.7 Å². The summed E-state index contributed by atoms with van der Waals surface area (Å²) in [5.74, 6) is 0.644. The molecule has 3 aromatic rings. The van der Waals surface area contributed by atoms with Gasteiger partial charge in [-0.1, -0.05) is 6.07 Å². The first-order valence-corrected chi connectivity index (χ1v) is 9.28. The summed E-state index contributed by atoms with van der Waals surface area (Å²) in [4.78, 5) is 2.31. The van der Waals surface area contributed by atoms with E-state index in [1.807, 2.05) is 18.2 Å². The first-order chi connectivity index (χ1) is 13.5. The largest absolute Gasteiger partial charge is 0.490 e. The maximum Gasteiger partial charge on any atom is 0.406 e. The van der Waals surface area contributed by atoms with Crippen LogP contribution < -0.4 is 4.74 Å². The van der Waals surface area contributed by atoms with Crippen molar-refractivity contribution < 1.29 is 17.9 Å². The molecule has 4 rings (SSSR count). The Morgan fingerprint density at radius 1 is 1.07 bits per heavy atom. The second-order valence-corrected chi connectivity index (χ2v) is 7.06. The first kappa shape index (κ1) is 18.7. The summed E-state index contributed by atoms with van der Waals surface area (Å²) in [7, 11) is 0. The molecule has 148 valence electrons. The van der Waals surface area contributed by atoms with E-state index in [0.717, 1.165) is 38.2 Å². The van der Waals surface area contributed by atoms with Gasteiger partial charge in [-0.05, 0) is 43.2 Å². The molecule has 28 heavy (non-hydrogen) atoms. The fourth-order valence-electron chi connectivity index (χ4n) is 3.64. The minimum Gasteiger partial charge on any atom is -0.490 e. The number of piperidine rings is 1. The second-order valence-electron chi connectivity index (χ2n) is 7.06. The quantitative estimate of drug-likeness (QED) is 0.660. The zero-order chi connectivity index (χ0) is 19.6. The lowest BCUT2D eigenvalue weighted by Crippen LogP contribution is -2.38. The van der Waals surface area contributed by atoms with Gasteiger partial charge in [0.15, 0.2) is 0 Å². The van der Waals surface area contributed by atoms with Crippen molar-refractivity contribution >= 4 is 10.9 Å². The molecule has 0 amide bonds. The van der Waals surface area contributed by atoms with Crippen LogP contribution in [0, 0.1) is 0 Å². The van der Waals surface area contributed by atoms with Crippen LogP contribution >= 0.6 is 0 Å². The summed E-state index contributed by atoms with van der Waals surface area (Å²) in [6.07, 6.45) is 0.647. The summed E-state index contributed by atoms with van der Waals surface area (Å²) < 4.78 is 45.6. The summed E-state index contributed by atoms with van der Waals surface area (Å²) in [6, 6.07) is 10.8. The Kier molecular flexibility index (Phi) is 5.21. The Labute approximate surface area is 160 Å². The van der Waals surface area contributed by atoms with Gasteiger partial charge < -0.3 is 9.30 Å². The number of aromatic nitrogens is 3. The fraction of sp³-hybridized carbons (Fsp3) is 0.400. The predicted molar refractivity (Wildman–Crippen MR) is 99.0 cm³/mol. The molecule has 0 bridgehead atoms. The van der Waals surface area contributed by atoms with Gasteiger partial charge in [-0.2, -0.15) is 23.4 Å². The number of alkyl halides is 3. The fourth-order valence-corrected chi connectivity index (χ4v) is 3.64. The molecular weight excluding hydrogens is 369 g/mol. The summed E-state index contributed by atoms with van der Waals surface area (Å²) in [5.41, 5.74) is 1.48. The molecule has 3 heterocycles. The number of hydrogen-bond acceptors (Lipinski definition) is 4. The van der Waals surface area contributed by atoms with Crippen LogP contribution in [0.1, 0.15) is 18.5 Å². The molecule has 0 aliphatic carbocycles. The van der Waals surface area contributed by atoms with Crippen LogP contribution in [0.2, 0.25) is 0 Å². The van der Waals surface area contributed by atoms with Gasteiger partial charge in [0, 0.05) is 37.4 Å². The van der Waals surface area contributed by atoms with Gasteiger partial charge >= 0.3 is 6.18 Å². The lowest BCUT2D eigenvalue weighted by Gasteiger charge is -2.32. The predicted octanol–water partition coefficient (Wildman–Crippen LogP) is 4.04. The maximum absolute atomic E-state index is 12.7. The molecule has 1 aliphatic rings. The third-order valence-corrected chi connectivity index (χ3v) is 4.96. The van der Waals surface area contributed by atoms with Crippen molar-refractivity contribution in [1.29, 1.82) is 0 Å². The zero-order valence-electron chi connectivity index (χ0n) is 15.3. The molecule has 1 fully saturated rings. The van der Waals surface area contributed by atoms with E-state index >= 15 is 0 Å². The third kappa shape index (κ3) is 4.44. The number of ether oxygens (including phenoxy) is 1. The van der Waals surface area contributed by atoms with Crippen LogP contribution in [0.5, 0.6) is 5.75 Å². The van der Waals surface area contributed by atoms with Crippen molar-refractivity contribution in [1.82, 2.24) is 19.7 Å². The van der Waals surface area contributed by atoms with E-state index in [0.29, 0.717) is 16.7 Å². The monoisotopic (exact) mass is 390 g/mol. The molecule has 0 spiro atoms. The highest BCUT2D eigenvalue weighted by Crippen LogP contribution is 2.31. The Bertz CT molecular complexity index is 918. The Hall–Kier alpha value is -2.61. The topological polar surface area (TPSA) is 43.2 Å². The molecule has 0 unspecified atom stereocenters. The van der Waals surface area contributed by atoms with Crippen LogP contribution in [-0.2, 0) is 13.1 Å². The van der Waals surface area contributed by atoms with E-state index in [-0.39, 0.29) is 6.10 Å². The highest BCUT2D eigenvalue weighted by molar-refractivity contribution is 5.86.